The molecule has 1 unspecified atom stereocenters. The first kappa shape index (κ1) is 18.6. The highest BCUT2D eigenvalue weighted by atomic mass is 79.9. The fourth-order valence-electron chi connectivity index (χ4n) is 1.90. The van der Waals surface area contributed by atoms with E-state index >= 15 is 0 Å². The molecule has 7 heteroatoms. The maximum atomic E-state index is 12.6. The molecule has 122 valence electrons. The van der Waals surface area contributed by atoms with Crippen LogP contribution in [0.5, 0.6) is 0 Å². The summed E-state index contributed by atoms with van der Waals surface area (Å²) in [4.78, 5) is 29.1. The van der Waals surface area contributed by atoms with Crippen LogP contribution >= 0.6 is 15.9 Å². The zero-order chi connectivity index (χ0) is 16.5. The molecule has 1 amide bonds. The van der Waals surface area contributed by atoms with Crippen LogP contribution in [0.4, 0.5) is 0 Å². The number of nitrogens with zero attached hydrogens (tertiary/aromatic N) is 2. The van der Waals surface area contributed by atoms with Gasteiger partial charge in [-0.25, -0.2) is 0 Å². The molecule has 0 aliphatic rings. The van der Waals surface area contributed by atoms with Crippen molar-refractivity contribution in [1.29, 1.82) is 0 Å². The number of halogens is 1. The zero-order valence-corrected chi connectivity index (χ0v) is 14.4. The topological polar surface area (TPSA) is 79.7 Å². The number of pyridine rings is 1. The predicted octanol–water partition coefficient (Wildman–Crippen LogP) is 2.43. The summed E-state index contributed by atoms with van der Waals surface area (Å²) >= 11 is 3.28. The van der Waals surface area contributed by atoms with E-state index in [9.17, 15) is 9.59 Å². The van der Waals surface area contributed by atoms with E-state index < -0.39 is 11.9 Å². The summed E-state index contributed by atoms with van der Waals surface area (Å²) in [5, 5.41) is 9.05. The van der Waals surface area contributed by atoms with E-state index in [0.717, 1.165) is 0 Å². The van der Waals surface area contributed by atoms with Crippen LogP contribution < -0.4 is 0 Å². The minimum atomic E-state index is -0.921. The Hall–Kier alpha value is -1.47. The molecule has 0 bridgehead atoms. The lowest BCUT2D eigenvalue weighted by atomic mass is 10.1. The highest BCUT2D eigenvalue weighted by Crippen LogP contribution is 2.13. The maximum absolute atomic E-state index is 12.6. The van der Waals surface area contributed by atoms with E-state index in [1.807, 2.05) is 6.92 Å². The van der Waals surface area contributed by atoms with Crippen molar-refractivity contribution < 1.29 is 19.4 Å². The van der Waals surface area contributed by atoms with Crippen molar-refractivity contribution in [1.82, 2.24) is 9.88 Å². The van der Waals surface area contributed by atoms with E-state index in [0.29, 0.717) is 36.2 Å². The lowest BCUT2D eigenvalue weighted by Crippen LogP contribution is -2.38. The molecule has 22 heavy (non-hydrogen) atoms. The van der Waals surface area contributed by atoms with Gasteiger partial charge in [-0.15, -0.1) is 0 Å². The Kier molecular flexibility index (Phi) is 8.05. The predicted molar refractivity (Wildman–Crippen MR) is 85.8 cm³/mol. The number of ether oxygens (including phenoxy) is 1. The highest BCUT2D eigenvalue weighted by Gasteiger charge is 2.21. The zero-order valence-electron chi connectivity index (χ0n) is 12.8. The summed E-state index contributed by atoms with van der Waals surface area (Å²) in [6.45, 7) is 5.26. The number of carbonyl (C=O) groups excluding carboxylic acids is 1. The number of aliphatic carboxylic acids is 1. The molecule has 0 aromatic carbocycles. The molecule has 6 nitrogen and oxygen atoms in total. The summed E-state index contributed by atoms with van der Waals surface area (Å²) in [6.07, 6.45) is 3.73. The number of hydrogen-bond donors (Lipinski definition) is 1. The average molecular weight is 373 g/mol. The monoisotopic (exact) mass is 372 g/mol. The van der Waals surface area contributed by atoms with Gasteiger partial charge in [-0.1, -0.05) is 6.92 Å². The first-order chi connectivity index (χ1) is 10.5. The number of amides is 1. The lowest BCUT2D eigenvalue weighted by molar-refractivity contribution is -0.141. The van der Waals surface area contributed by atoms with Gasteiger partial charge in [0.1, 0.15) is 0 Å². The molecular formula is C15H21BrN2O4. The minimum absolute atomic E-state index is 0.160. The molecule has 1 aromatic heterocycles. The van der Waals surface area contributed by atoms with E-state index in [1.165, 1.54) is 6.20 Å². The number of carboxylic acids is 1. The number of carboxylic acid groups (broad SMARTS) is 1. The summed E-state index contributed by atoms with van der Waals surface area (Å²) in [7, 11) is 0. The Morgan fingerprint density at radius 3 is 2.77 bits per heavy atom. The molecule has 0 radical (unpaired) electrons. The summed E-state index contributed by atoms with van der Waals surface area (Å²) in [5.74, 6) is -1.77. The van der Waals surface area contributed by atoms with E-state index in [2.05, 4.69) is 20.9 Å². The van der Waals surface area contributed by atoms with Crippen LogP contribution in [0, 0.1) is 5.92 Å². The highest BCUT2D eigenvalue weighted by molar-refractivity contribution is 9.10. The van der Waals surface area contributed by atoms with Gasteiger partial charge in [0.25, 0.3) is 5.91 Å². The van der Waals surface area contributed by atoms with Gasteiger partial charge < -0.3 is 14.7 Å². The van der Waals surface area contributed by atoms with Crippen molar-refractivity contribution in [3.63, 3.8) is 0 Å². The molecule has 1 rings (SSSR count). The van der Waals surface area contributed by atoms with Gasteiger partial charge in [-0.05, 0) is 35.3 Å². The van der Waals surface area contributed by atoms with Crippen LogP contribution in [0.15, 0.2) is 22.9 Å². The van der Waals surface area contributed by atoms with Crippen LogP contribution in [0.25, 0.3) is 0 Å². The van der Waals surface area contributed by atoms with Crippen molar-refractivity contribution in [3.05, 3.63) is 28.5 Å². The third kappa shape index (κ3) is 6.11. The van der Waals surface area contributed by atoms with Gasteiger partial charge in [0.15, 0.2) is 0 Å². The lowest BCUT2D eigenvalue weighted by Gasteiger charge is -2.24. The molecular weight excluding hydrogens is 352 g/mol. The second-order valence-electron chi connectivity index (χ2n) is 4.93. The van der Waals surface area contributed by atoms with Gasteiger partial charge in [-0.3, -0.25) is 14.6 Å². The maximum Gasteiger partial charge on any atom is 0.308 e. The van der Waals surface area contributed by atoms with Crippen molar-refractivity contribution >= 4 is 27.8 Å². The summed E-state index contributed by atoms with van der Waals surface area (Å²) in [6, 6.07) is 1.68. The first-order valence-corrected chi connectivity index (χ1v) is 7.95. The largest absolute Gasteiger partial charge is 0.481 e. The van der Waals surface area contributed by atoms with Crippen LogP contribution in [0.3, 0.4) is 0 Å². The Balaban J connectivity index is 2.78. The van der Waals surface area contributed by atoms with E-state index in [-0.39, 0.29) is 12.5 Å². The molecule has 1 N–H and O–H groups in total. The molecule has 1 aromatic rings. The van der Waals surface area contributed by atoms with Crippen molar-refractivity contribution in [3.8, 4) is 0 Å². The number of aromatic nitrogens is 1. The second kappa shape index (κ2) is 9.53. The third-order valence-electron chi connectivity index (χ3n) is 3.08. The number of hydrogen-bond acceptors (Lipinski definition) is 4. The van der Waals surface area contributed by atoms with Crippen LogP contribution in [0.2, 0.25) is 0 Å². The minimum Gasteiger partial charge on any atom is -0.481 e. The first-order valence-electron chi connectivity index (χ1n) is 7.16. The molecule has 0 fully saturated rings. The van der Waals surface area contributed by atoms with Gasteiger partial charge in [0, 0.05) is 43.2 Å². The fraction of sp³-hybridized carbons (Fsp3) is 0.533. The second-order valence-corrected chi connectivity index (χ2v) is 5.85. The molecule has 0 aliphatic heterocycles. The molecule has 0 spiro atoms. The van der Waals surface area contributed by atoms with Crippen LogP contribution in [0.1, 0.15) is 30.6 Å². The Bertz CT molecular complexity index is 510. The smallest absolute Gasteiger partial charge is 0.308 e. The summed E-state index contributed by atoms with van der Waals surface area (Å²) < 4.78 is 5.97. The van der Waals surface area contributed by atoms with Crippen LogP contribution in [-0.2, 0) is 9.53 Å². The molecule has 0 saturated carbocycles. The fourth-order valence-corrected chi connectivity index (χ4v) is 2.26. The summed E-state index contributed by atoms with van der Waals surface area (Å²) in [5.41, 5.74) is 0.434. The number of rotatable bonds is 9. The normalized spacial score (nSPS) is 12.0. The Morgan fingerprint density at radius 2 is 2.18 bits per heavy atom. The molecule has 0 saturated heterocycles. The van der Waals surface area contributed by atoms with Gasteiger partial charge in [0.05, 0.1) is 11.5 Å². The average Bonchev–Trinajstić information content (AvgIpc) is 2.49. The van der Waals surface area contributed by atoms with Gasteiger partial charge in [0.2, 0.25) is 0 Å². The van der Waals surface area contributed by atoms with Crippen LogP contribution in [-0.4, -0.2) is 53.2 Å². The van der Waals surface area contributed by atoms with Crippen molar-refractivity contribution in [2.45, 2.75) is 20.3 Å². The van der Waals surface area contributed by atoms with Crippen molar-refractivity contribution in [2.75, 3.05) is 26.3 Å². The standard InChI is InChI=1S/C15H21BrN2O4/c1-3-22-6-4-5-18(10-11(2)15(20)21)14(19)12-7-13(16)9-17-8-12/h7-9,11H,3-6,10H2,1-2H3,(H,20,21). The molecule has 0 aliphatic carbocycles. The van der Waals surface area contributed by atoms with Gasteiger partial charge in [-0.2, -0.15) is 0 Å². The molecule has 1 atom stereocenters. The Morgan fingerprint density at radius 1 is 1.45 bits per heavy atom. The SMILES string of the molecule is CCOCCCN(CC(C)C(=O)O)C(=O)c1cncc(Br)c1. The quantitative estimate of drug-likeness (QED) is 0.673. The number of carbonyl (C=O) groups is 2. The van der Waals surface area contributed by atoms with Crippen molar-refractivity contribution in [2.24, 2.45) is 5.92 Å². The molecule has 1 heterocycles. The van der Waals surface area contributed by atoms with E-state index in [1.54, 1.807) is 24.1 Å². The van der Waals surface area contributed by atoms with E-state index in [4.69, 9.17) is 9.84 Å². The Labute approximate surface area is 138 Å². The van der Waals surface area contributed by atoms with Gasteiger partial charge >= 0.3 is 5.97 Å². The third-order valence-corrected chi connectivity index (χ3v) is 3.51.